The highest BCUT2D eigenvalue weighted by Gasteiger charge is 2.24. The molecule has 12 heavy (non-hydrogen) atoms. The van der Waals surface area contributed by atoms with Gasteiger partial charge in [-0.25, -0.2) is 0 Å². The summed E-state index contributed by atoms with van der Waals surface area (Å²) in [6, 6.07) is -0.00904. The highest BCUT2D eigenvalue weighted by molar-refractivity contribution is 6.17. The van der Waals surface area contributed by atoms with E-state index in [1.165, 1.54) is 0 Å². The Morgan fingerprint density at radius 2 is 2.00 bits per heavy atom. The smallest absolute Gasteiger partial charge is 0.310 e. The lowest BCUT2D eigenvalue weighted by Crippen LogP contribution is -2.22. The zero-order valence-corrected chi connectivity index (χ0v) is 8.14. The number of ether oxygens (including phenoxy) is 1. The van der Waals surface area contributed by atoms with E-state index < -0.39 is 0 Å². The van der Waals surface area contributed by atoms with Crippen LogP contribution in [0.3, 0.4) is 0 Å². The number of esters is 1. The van der Waals surface area contributed by atoms with Gasteiger partial charge >= 0.3 is 5.97 Å². The molecule has 0 aromatic carbocycles. The first-order valence-electron chi connectivity index (χ1n) is 4.46. The summed E-state index contributed by atoms with van der Waals surface area (Å²) >= 11 is 5.30. The van der Waals surface area contributed by atoms with Crippen molar-refractivity contribution in [3.8, 4) is 0 Å². The van der Waals surface area contributed by atoms with E-state index in [1.54, 1.807) is 0 Å². The number of alkyl halides is 1. The molecule has 1 aliphatic carbocycles. The molecular formula is C9H15ClO2. The Hall–Kier alpha value is -0.240. The van der Waals surface area contributed by atoms with E-state index >= 15 is 0 Å². The van der Waals surface area contributed by atoms with Crippen molar-refractivity contribution < 1.29 is 9.53 Å². The van der Waals surface area contributed by atoms with Crippen LogP contribution in [-0.4, -0.2) is 12.0 Å². The Labute approximate surface area is 78.2 Å². The molecule has 0 spiro atoms. The Morgan fingerprint density at radius 1 is 1.42 bits per heavy atom. The Bertz CT molecular complexity index is 151. The lowest BCUT2D eigenvalue weighted by molar-refractivity contribution is -0.147. The van der Waals surface area contributed by atoms with Gasteiger partial charge in [0.15, 0.2) is 6.07 Å². The molecule has 0 atom stereocenters. The van der Waals surface area contributed by atoms with Crippen LogP contribution in [0.2, 0.25) is 0 Å². The molecule has 0 unspecified atom stereocenters. The third-order valence-corrected chi connectivity index (χ3v) is 2.66. The van der Waals surface area contributed by atoms with Crippen molar-refractivity contribution in [1.82, 2.24) is 0 Å². The first-order chi connectivity index (χ1) is 5.74. The number of carbonyl (C=O) groups excluding carboxylic acids is 1. The standard InChI is InChI=1S/C9H15ClO2/c1-7-2-4-8(5-3-7)9(11)12-6-10/h7-8H,2-6H2,1H3. The summed E-state index contributed by atoms with van der Waals surface area (Å²) in [7, 11) is 0. The summed E-state index contributed by atoms with van der Waals surface area (Å²) < 4.78 is 4.74. The van der Waals surface area contributed by atoms with E-state index in [4.69, 9.17) is 16.3 Å². The van der Waals surface area contributed by atoms with Crippen LogP contribution >= 0.6 is 11.6 Å². The number of halogens is 1. The van der Waals surface area contributed by atoms with E-state index in [0.717, 1.165) is 31.6 Å². The third kappa shape index (κ3) is 2.67. The maximum absolute atomic E-state index is 11.2. The van der Waals surface area contributed by atoms with Gasteiger partial charge in [-0.1, -0.05) is 18.5 Å². The topological polar surface area (TPSA) is 26.3 Å². The molecule has 3 heteroatoms. The minimum Gasteiger partial charge on any atom is -0.449 e. The maximum atomic E-state index is 11.2. The van der Waals surface area contributed by atoms with E-state index in [-0.39, 0.29) is 18.0 Å². The van der Waals surface area contributed by atoms with Crippen LogP contribution in [0.4, 0.5) is 0 Å². The van der Waals surface area contributed by atoms with E-state index in [2.05, 4.69) is 6.92 Å². The molecule has 70 valence electrons. The predicted octanol–water partition coefficient (Wildman–Crippen LogP) is 2.55. The minimum atomic E-state index is -0.114. The second-order valence-electron chi connectivity index (χ2n) is 3.53. The summed E-state index contributed by atoms with van der Waals surface area (Å²) in [5.74, 6) is 0.766. The number of carbonyl (C=O) groups is 1. The summed E-state index contributed by atoms with van der Waals surface area (Å²) in [4.78, 5) is 11.2. The Kier molecular flexibility index (Phi) is 3.86. The van der Waals surface area contributed by atoms with Crippen LogP contribution in [0.5, 0.6) is 0 Å². The van der Waals surface area contributed by atoms with E-state index in [9.17, 15) is 4.79 Å². The fourth-order valence-corrected chi connectivity index (χ4v) is 1.77. The molecule has 2 nitrogen and oxygen atoms in total. The van der Waals surface area contributed by atoms with Crippen molar-refractivity contribution in [2.45, 2.75) is 32.6 Å². The first-order valence-corrected chi connectivity index (χ1v) is 5.00. The van der Waals surface area contributed by atoms with Gasteiger partial charge in [-0.15, -0.1) is 0 Å². The van der Waals surface area contributed by atoms with Gasteiger partial charge in [-0.2, -0.15) is 0 Å². The lowest BCUT2D eigenvalue weighted by atomic mass is 9.83. The predicted molar refractivity (Wildman–Crippen MR) is 47.9 cm³/mol. The Morgan fingerprint density at radius 3 is 2.50 bits per heavy atom. The summed E-state index contributed by atoms with van der Waals surface area (Å²) in [5.41, 5.74) is 0. The quantitative estimate of drug-likeness (QED) is 0.494. The second-order valence-corrected chi connectivity index (χ2v) is 3.75. The van der Waals surface area contributed by atoms with Crippen LogP contribution in [0.15, 0.2) is 0 Å². The monoisotopic (exact) mass is 190 g/mol. The van der Waals surface area contributed by atoms with Crippen molar-refractivity contribution in [3.05, 3.63) is 0 Å². The normalized spacial score (nSPS) is 29.8. The summed E-state index contributed by atoms with van der Waals surface area (Å²) in [5, 5.41) is 0. The number of rotatable bonds is 2. The van der Waals surface area contributed by atoms with Crippen LogP contribution in [0, 0.1) is 11.8 Å². The SMILES string of the molecule is CC1CCC(C(=O)OCCl)CC1. The molecule has 0 radical (unpaired) electrons. The van der Waals surface area contributed by atoms with E-state index in [0.29, 0.717) is 0 Å². The fourth-order valence-electron chi connectivity index (χ4n) is 1.67. The average Bonchev–Trinajstić information content (AvgIpc) is 2.06. The van der Waals surface area contributed by atoms with Crippen molar-refractivity contribution in [2.75, 3.05) is 6.07 Å². The molecule has 0 heterocycles. The van der Waals surface area contributed by atoms with Crippen LogP contribution < -0.4 is 0 Å². The third-order valence-electron chi connectivity index (χ3n) is 2.55. The molecule has 0 aromatic rings. The van der Waals surface area contributed by atoms with E-state index in [1.807, 2.05) is 0 Å². The van der Waals surface area contributed by atoms with Gasteiger partial charge in [-0.3, -0.25) is 4.79 Å². The minimum absolute atomic E-state index is 0.00904. The number of hydrogen-bond acceptors (Lipinski definition) is 2. The first kappa shape index (κ1) is 9.85. The lowest BCUT2D eigenvalue weighted by Gasteiger charge is -2.23. The molecule has 0 amide bonds. The van der Waals surface area contributed by atoms with Crippen LogP contribution in [0.1, 0.15) is 32.6 Å². The molecular weight excluding hydrogens is 176 g/mol. The maximum Gasteiger partial charge on any atom is 0.310 e. The zero-order valence-electron chi connectivity index (χ0n) is 7.38. The van der Waals surface area contributed by atoms with Crippen LogP contribution in [0.25, 0.3) is 0 Å². The average molecular weight is 191 g/mol. The summed E-state index contributed by atoms with van der Waals surface area (Å²) in [6.45, 7) is 2.23. The highest BCUT2D eigenvalue weighted by Crippen LogP contribution is 2.28. The molecule has 1 fully saturated rings. The highest BCUT2D eigenvalue weighted by atomic mass is 35.5. The largest absolute Gasteiger partial charge is 0.449 e. The Balaban J connectivity index is 2.29. The van der Waals surface area contributed by atoms with Gasteiger partial charge in [0.1, 0.15) is 0 Å². The van der Waals surface area contributed by atoms with Crippen LogP contribution in [-0.2, 0) is 9.53 Å². The second kappa shape index (κ2) is 4.70. The molecule has 1 aliphatic rings. The fraction of sp³-hybridized carbons (Fsp3) is 0.889. The number of hydrogen-bond donors (Lipinski definition) is 0. The van der Waals surface area contributed by atoms with Crippen molar-refractivity contribution in [1.29, 1.82) is 0 Å². The van der Waals surface area contributed by atoms with Gasteiger partial charge in [0, 0.05) is 0 Å². The molecule has 0 bridgehead atoms. The van der Waals surface area contributed by atoms with Crippen molar-refractivity contribution in [2.24, 2.45) is 11.8 Å². The molecule has 1 rings (SSSR count). The van der Waals surface area contributed by atoms with Gasteiger partial charge in [0.2, 0.25) is 0 Å². The molecule has 0 N–H and O–H groups in total. The zero-order chi connectivity index (χ0) is 8.97. The van der Waals surface area contributed by atoms with Crippen molar-refractivity contribution in [3.63, 3.8) is 0 Å². The van der Waals surface area contributed by atoms with Gasteiger partial charge in [0.25, 0.3) is 0 Å². The van der Waals surface area contributed by atoms with Gasteiger partial charge < -0.3 is 4.74 Å². The molecule has 1 saturated carbocycles. The van der Waals surface area contributed by atoms with Gasteiger partial charge in [0.05, 0.1) is 5.92 Å². The molecule has 0 saturated heterocycles. The summed E-state index contributed by atoms with van der Waals surface area (Å²) in [6.07, 6.45) is 4.22. The molecule has 0 aliphatic heterocycles. The van der Waals surface area contributed by atoms with Crippen molar-refractivity contribution >= 4 is 17.6 Å². The van der Waals surface area contributed by atoms with Gasteiger partial charge in [-0.05, 0) is 31.6 Å². The molecule has 0 aromatic heterocycles.